The van der Waals surface area contributed by atoms with Crippen LogP contribution in [0, 0.1) is 11.3 Å². The average Bonchev–Trinajstić information content (AvgIpc) is 2.52. The molecule has 70 valence electrons. The number of aromatic nitrogens is 2. The van der Waals surface area contributed by atoms with E-state index in [1.54, 1.807) is 13.0 Å². The molecule has 1 heterocycles. The van der Waals surface area contributed by atoms with Gasteiger partial charge in [-0.25, -0.2) is 8.42 Å². The second-order valence-electron chi connectivity index (χ2n) is 2.30. The fourth-order valence-electron chi connectivity index (χ4n) is 0.737. The van der Waals surface area contributed by atoms with E-state index in [4.69, 9.17) is 5.26 Å². The fraction of sp³-hybridized carbons (Fsp3) is 0.500. The highest BCUT2D eigenvalue weighted by molar-refractivity contribution is 7.93. The number of hydrogen-bond acceptors (Lipinski definition) is 6. The molecule has 0 aromatic carbocycles. The van der Waals surface area contributed by atoms with Crippen molar-refractivity contribution >= 4 is 21.2 Å². The van der Waals surface area contributed by atoms with Gasteiger partial charge in [0.2, 0.25) is 19.2 Å². The van der Waals surface area contributed by atoms with E-state index in [0.717, 1.165) is 11.3 Å². The molecule has 0 fully saturated rings. The first kappa shape index (κ1) is 10.1. The van der Waals surface area contributed by atoms with Gasteiger partial charge in [-0.15, -0.1) is 10.2 Å². The predicted molar refractivity (Wildman–Crippen MR) is 47.0 cm³/mol. The first-order valence-corrected chi connectivity index (χ1v) is 6.03. The highest BCUT2D eigenvalue weighted by Gasteiger charge is 2.18. The normalized spacial score (nSPS) is 11.1. The highest BCUT2D eigenvalue weighted by Crippen LogP contribution is 2.16. The molecule has 5 nitrogen and oxygen atoms in total. The van der Waals surface area contributed by atoms with E-state index in [1.807, 2.05) is 0 Å². The Balaban J connectivity index is 3.03. The lowest BCUT2D eigenvalue weighted by atomic mass is 10.6. The molecule has 0 amide bonds. The van der Waals surface area contributed by atoms with Gasteiger partial charge in [-0.2, -0.15) is 5.26 Å². The molecule has 7 heteroatoms. The van der Waals surface area contributed by atoms with E-state index in [1.165, 1.54) is 0 Å². The van der Waals surface area contributed by atoms with Crippen LogP contribution < -0.4 is 0 Å². The summed E-state index contributed by atoms with van der Waals surface area (Å²) in [6.07, 6.45) is 0.532. The summed E-state index contributed by atoms with van der Waals surface area (Å²) in [6, 6.07) is 1.74. The molecule has 0 aliphatic heterocycles. The third kappa shape index (κ3) is 2.23. The van der Waals surface area contributed by atoms with Gasteiger partial charge in [0.05, 0.1) is 5.75 Å². The van der Waals surface area contributed by atoms with Crippen LogP contribution in [0.25, 0.3) is 0 Å². The Kier molecular flexibility index (Phi) is 2.95. The molecule has 0 aliphatic rings. The molecule has 1 rings (SSSR count). The minimum Gasteiger partial charge on any atom is -0.221 e. The standard InChI is InChI=1S/C6H7N3O2S2/c1-2-3-13(10,11)6-9-8-5(4-7)12-6/h2-3H2,1H3. The third-order valence-electron chi connectivity index (χ3n) is 1.24. The second kappa shape index (κ2) is 3.81. The largest absolute Gasteiger partial charge is 0.233 e. The van der Waals surface area contributed by atoms with Gasteiger partial charge in [0, 0.05) is 0 Å². The van der Waals surface area contributed by atoms with Gasteiger partial charge in [-0.05, 0) is 6.42 Å². The van der Waals surface area contributed by atoms with Crippen molar-refractivity contribution in [3.63, 3.8) is 0 Å². The highest BCUT2D eigenvalue weighted by atomic mass is 32.2. The lowest BCUT2D eigenvalue weighted by molar-refractivity contribution is 0.592. The van der Waals surface area contributed by atoms with Crippen LogP contribution in [0.15, 0.2) is 4.34 Å². The fourth-order valence-corrected chi connectivity index (χ4v) is 2.98. The molecule has 0 radical (unpaired) electrons. The molecule has 0 saturated heterocycles. The lowest BCUT2D eigenvalue weighted by Crippen LogP contribution is -2.05. The summed E-state index contributed by atoms with van der Waals surface area (Å²) < 4.78 is 22.7. The lowest BCUT2D eigenvalue weighted by Gasteiger charge is -1.93. The summed E-state index contributed by atoms with van der Waals surface area (Å²) in [5.74, 6) is 0.0487. The SMILES string of the molecule is CCCS(=O)(=O)c1nnc(C#N)s1. The van der Waals surface area contributed by atoms with E-state index in [9.17, 15) is 8.42 Å². The Hall–Kier alpha value is -1.00. The van der Waals surface area contributed by atoms with Gasteiger partial charge >= 0.3 is 0 Å². The maximum absolute atomic E-state index is 11.4. The quantitative estimate of drug-likeness (QED) is 0.740. The Morgan fingerprint density at radius 2 is 2.23 bits per heavy atom. The van der Waals surface area contributed by atoms with Crippen LogP contribution in [0.3, 0.4) is 0 Å². The van der Waals surface area contributed by atoms with Crippen molar-refractivity contribution in [2.45, 2.75) is 17.7 Å². The van der Waals surface area contributed by atoms with Crippen molar-refractivity contribution in [1.82, 2.24) is 10.2 Å². The minimum atomic E-state index is -3.31. The number of rotatable bonds is 3. The van der Waals surface area contributed by atoms with Gasteiger partial charge in [0.15, 0.2) is 0 Å². The van der Waals surface area contributed by atoms with Gasteiger partial charge in [0.25, 0.3) is 0 Å². The molecule has 0 N–H and O–H groups in total. The third-order valence-corrected chi connectivity index (χ3v) is 4.43. The molecule has 1 aromatic heterocycles. The van der Waals surface area contributed by atoms with E-state index in [-0.39, 0.29) is 15.1 Å². The molecule has 0 saturated carbocycles. The van der Waals surface area contributed by atoms with Crippen LogP contribution >= 0.6 is 11.3 Å². The summed E-state index contributed by atoms with van der Waals surface area (Å²) in [6.45, 7) is 1.77. The summed E-state index contributed by atoms with van der Waals surface area (Å²) in [7, 11) is -3.31. The molecule has 0 atom stereocenters. The maximum Gasteiger partial charge on any atom is 0.233 e. The predicted octanol–water partition coefficient (Wildman–Crippen LogP) is 0.593. The zero-order chi connectivity index (χ0) is 9.90. The van der Waals surface area contributed by atoms with Gasteiger partial charge < -0.3 is 0 Å². The summed E-state index contributed by atoms with van der Waals surface area (Å²) in [5.41, 5.74) is 0. The monoisotopic (exact) mass is 217 g/mol. The Morgan fingerprint density at radius 1 is 1.54 bits per heavy atom. The van der Waals surface area contributed by atoms with E-state index >= 15 is 0 Å². The van der Waals surface area contributed by atoms with E-state index < -0.39 is 9.84 Å². The van der Waals surface area contributed by atoms with Crippen molar-refractivity contribution in [1.29, 1.82) is 5.26 Å². The van der Waals surface area contributed by atoms with Crippen LogP contribution in [0.5, 0.6) is 0 Å². The molecular formula is C6H7N3O2S2. The van der Waals surface area contributed by atoms with Crippen LogP contribution in [-0.2, 0) is 9.84 Å². The maximum atomic E-state index is 11.4. The molecule has 13 heavy (non-hydrogen) atoms. The molecule has 0 unspecified atom stereocenters. The van der Waals surface area contributed by atoms with Crippen LogP contribution in [0.4, 0.5) is 0 Å². The van der Waals surface area contributed by atoms with Crippen LogP contribution in [0.1, 0.15) is 18.4 Å². The number of hydrogen-bond donors (Lipinski definition) is 0. The van der Waals surface area contributed by atoms with Crippen LogP contribution in [-0.4, -0.2) is 24.4 Å². The van der Waals surface area contributed by atoms with Crippen molar-refractivity contribution in [3.8, 4) is 6.07 Å². The number of nitriles is 1. The van der Waals surface area contributed by atoms with Crippen LogP contribution in [0.2, 0.25) is 0 Å². The number of nitrogens with zero attached hydrogens (tertiary/aromatic N) is 3. The molecule has 0 bridgehead atoms. The second-order valence-corrected chi connectivity index (χ2v) is 5.56. The number of sulfone groups is 1. The first-order chi connectivity index (χ1) is 6.10. The Bertz CT molecular complexity index is 429. The summed E-state index contributed by atoms with van der Waals surface area (Å²) in [4.78, 5) is 0. The zero-order valence-electron chi connectivity index (χ0n) is 6.89. The average molecular weight is 217 g/mol. The van der Waals surface area contributed by atoms with E-state index in [0.29, 0.717) is 6.42 Å². The zero-order valence-corrected chi connectivity index (χ0v) is 8.52. The Morgan fingerprint density at radius 3 is 2.69 bits per heavy atom. The summed E-state index contributed by atoms with van der Waals surface area (Å²) in [5, 5.41) is 15.3. The minimum absolute atomic E-state index is 0.0487. The molecule has 0 aliphatic carbocycles. The van der Waals surface area contributed by atoms with Gasteiger partial charge in [-0.3, -0.25) is 0 Å². The van der Waals surface area contributed by atoms with Gasteiger partial charge in [-0.1, -0.05) is 18.3 Å². The smallest absolute Gasteiger partial charge is 0.221 e. The van der Waals surface area contributed by atoms with E-state index in [2.05, 4.69) is 10.2 Å². The van der Waals surface area contributed by atoms with Crippen molar-refractivity contribution in [3.05, 3.63) is 5.01 Å². The topological polar surface area (TPSA) is 83.7 Å². The molecule has 1 aromatic rings. The van der Waals surface area contributed by atoms with Gasteiger partial charge in [0.1, 0.15) is 6.07 Å². The van der Waals surface area contributed by atoms with Crippen molar-refractivity contribution < 1.29 is 8.42 Å². The van der Waals surface area contributed by atoms with Crippen molar-refractivity contribution in [2.75, 3.05) is 5.75 Å². The Labute approximate surface area is 80.0 Å². The molecule has 0 spiro atoms. The summed E-state index contributed by atoms with van der Waals surface area (Å²) >= 11 is 0.808. The van der Waals surface area contributed by atoms with Crippen molar-refractivity contribution in [2.24, 2.45) is 0 Å². The molecular weight excluding hydrogens is 210 g/mol. The first-order valence-electron chi connectivity index (χ1n) is 3.56.